The Hall–Kier alpha value is -2.89. The molecule has 0 radical (unpaired) electrons. The van der Waals surface area contributed by atoms with E-state index in [0.717, 1.165) is 11.3 Å². The first-order valence-corrected chi connectivity index (χ1v) is 7.24. The highest BCUT2D eigenvalue weighted by molar-refractivity contribution is 5.92. The maximum absolute atomic E-state index is 12.0. The maximum Gasteiger partial charge on any atom is 0.310 e. The smallest absolute Gasteiger partial charge is 0.310 e. The van der Waals surface area contributed by atoms with Gasteiger partial charge in [-0.05, 0) is 23.6 Å². The third kappa shape index (κ3) is 4.29. The van der Waals surface area contributed by atoms with E-state index in [9.17, 15) is 14.9 Å². The molecule has 6 heteroatoms. The molecule has 0 saturated carbocycles. The Morgan fingerprint density at radius 3 is 2.52 bits per heavy atom. The zero-order chi connectivity index (χ0) is 16.8. The van der Waals surface area contributed by atoms with E-state index >= 15 is 0 Å². The number of para-hydroxylation sites is 3. The molecule has 0 spiro atoms. The molecule has 0 aliphatic carbocycles. The molecule has 2 aromatic carbocycles. The summed E-state index contributed by atoms with van der Waals surface area (Å²) in [5.41, 5.74) is 1.58. The van der Waals surface area contributed by atoms with E-state index in [2.05, 4.69) is 5.32 Å². The van der Waals surface area contributed by atoms with Crippen molar-refractivity contribution in [3.63, 3.8) is 0 Å². The fraction of sp³-hybridized carbons (Fsp3) is 0.235. The third-order valence-electron chi connectivity index (χ3n) is 3.28. The standard InChI is InChI=1S/C17H18N2O4/c1-12(2)13-7-3-4-8-14(13)18-17(20)11-23-16-10-6-5-9-15(16)19(21)22/h3-10,12H,11H2,1-2H3,(H,18,20). The van der Waals surface area contributed by atoms with Crippen LogP contribution < -0.4 is 10.1 Å². The zero-order valence-electron chi connectivity index (χ0n) is 13.0. The van der Waals surface area contributed by atoms with Gasteiger partial charge in [0, 0.05) is 11.8 Å². The lowest BCUT2D eigenvalue weighted by atomic mass is 10.0. The number of nitro groups is 1. The summed E-state index contributed by atoms with van der Waals surface area (Å²) in [5.74, 6) is -0.0244. The van der Waals surface area contributed by atoms with Gasteiger partial charge in [0.15, 0.2) is 12.4 Å². The van der Waals surface area contributed by atoms with Gasteiger partial charge >= 0.3 is 5.69 Å². The van der Waals surface area contributed by atoms with Crippen molar-refractivity contribution < 1.29 is 14.5 Å². The van der Waals surface area contributed by atoms with Gasteiger partial charge in [-0.1, -0.05) is 44.2 Å². The average molecular weight is 314 g/mol. The van der Waals surface area contributed by atoms with Gasteiger partial charge in [-0.15, -0.1) is 0 Å². The Morgan fingerprint density at radius 2 is 1.83 bits per heavy atom. The molecule has 0 aromatic heterocycles. The third-order valence-corrected chi connectivity index (χ3v) is 3.28. The van der Waals surface area contributed by atoms with Gasteiger partial charge in [0.1, 0.15) is 0 Å². The van der Waals surface area contributed by atoms with E-state index in [-0.39, 0.29) is 29.9 Å². The highest BCUT2D eigenvalue weighted by Crippen LogP contribution is 2.26. The number of nitrogens with one attached hydrogen (secondary N) is 1. The van der Waals surface area contributed by atoms with E-state index in [4.69, 9.17) is 4.74 Å². The number of carbonyl (C=O) groups excluding carboxylic acids is 1. The van der Waals surface area contributed by atoms with Crippen LogP contribution in [0.3, 0.4) is 0 Å². The van der Waals surface area contributed by atoms with Crippen LogP contribution in [0.4, 0.5) is 11.4 Å². The molecule has 0 aliphatic heterocycles. The van der Waals surface area contributed by atoms with E-state index in [1.54, 1.807) is 12.1 Å². The Labute approximate surface area is 134 Å². The predicted octanol–water partition coefficient (Wildman–Crippen LogP) is 3.74. The van der Waals surface area contributed by atoms with Crippen molar-refractivity contribution in [3.8, 4) is 5.75 Å². The second-order valence-electron chi connectivity index (χ2n) is 5.30. The fourth-order valence-corrected chi connectivity index (χ4v) is 2.17. The number of benzene rings is 2. The lowest BCUT2D eigenvalue weighted by Crippen LogP contribution is -2.21. The molecule has 1 amide bonds. The molecular weight excluding hydrogens is 296 g/mol. The number of hydrogen-bond donors (Lipinski definition) is 1. The molecule has 2 rings (SSSR count). The van der Waals surface area contributed by atoms with Crippen LogP contribution in [0.5, 0.6) is 5.75 Å². The van der Waals surface area contributed by atoms with E-state index in [1.165, 1.54) is 12.1 Å². The topological polar surface area (TPSA) is 81.5 Å². The summed E-state index contributed by atoms with van der Waals surface area (Å²) in [4.78, 5) is 22.4. The van der Waals surface area contributed by atoms with Gasteiger partial charge in [0.25, 0.3) is 5.91 Å². The minimum atomic E-state index is -0.540. The van der Waals surface area contributed by atoms with E-state index in [0.29, 0.717) is 0 Å². The molecule has 120 valence electrons. The van der Waals surface area contributed by atoms with Gasteiger partial charge in [-0.2, -0.15) is 0 Å². The fourth-order valence-electron chi connectivity index (χ4n) is 2.17. The monoisotopic (exact) mass is 314 g/mol. The molecule has 6 nitrogen and oxygen atoms in total. The predicted molar refractivity (Wildman–Crippen MR) is 87.8 cm³/mol. The summed E-state index contributed by atoms with van der Waals surface area (Å²) < 4.78 is 5.28. The van der Waals surface area contributed by atoms with Crippen molar-refractivity contribution in [2.75, 3.05) is 11.9 Å². The van der Waals surface area contributed by atoms with Crippen LogP contribution in [0, 0.1) is 10.1 Å². The minimum Gasteiger partial charge on any atom is -0.477 e. The lowest BCUT2D eigenvalue weighted by molar-refractivity contribution is -0.385. The summed E-state index contributed by atoms with van der Waals surface area (Å²) in [6.07, 6.45) is 0. The second-order valence-corrected chi connectivity index (χ2v) is 5.30. The molecule has 1 N–H and O–H groups in total. The minimum absolute atomic E-state index is 0.0739. The Balaban J connectivity index is 2.03. The lowest BCUT2D eigenvalue weighted by Gasteiger charge is -2.13. The number of hydrogen-bond acceptors (Lipinski definition) is 4. The molecule has 2 aromatic rings. The van der Waals surface area contributed by atoms with Gasteiger partial charge in [0.05, 0.1) is 4.92 Å². The normalized spacial score (nSPS) is 10.4. The molecule has 0 fully saturated rings. The van der Waals surface area contributed by atoms with Crippen molar-refractivity contribution >= 4 is 17.3 Å². The number of rotatable bonds is 6. The van der Waals surface area contributed by atoms with Crippen LogP contribution in [0.15, 0.2) is 48.5 Å². The molecule has 0 saturated heterocycles. The number of ether oxygens (including phenoxy) is 1. The van der Waals surface area contributed by atoms with Crippen LogP contribution in [0.1, 0.15) is 25.3 Å². The van der Waals surface area contributed by atoms with Crippen LogP contribution in [0.2, 0.25) is 0 Å². The van der Waals surface area contributed by atoms with Crippen molar-refractivity contribution in [3.05, 3.63) is 64.2 Å². The quantitative estimate of drug-likeness (QED) is 0.650. The Kier molecular flexibility index (Phi) is 5.30. The molecular formula is C17H18N2O4. The molecule has 0 heterocycles. The van der Waals surface area contributed by atoms with Crippen molar-refractivity contribution in [2.24, 2.45) is 0 Å². The highest BCUT2D eigenvalue weighted by Gasteiger charge is 2.15. The number of nitro benzene ring substituents is 1. The van der Waals surface area contributed by atoms with Crippen LogP contribution in [-0.2, 0) is 4.79 Å². The summed E-state index contributed by atoms with van der Waals surface area (Å²) in [6, 6.07) is 13.5. The van der Waals surface area contributed by atoms with Crippen LogP contribution >= 0.6 is 0 Å². The van der Waals surface area contributed by atoms with Gasteiger partial charge in [0.2, 0.25) is 0 Å². The first-order valence-electron chi connectivity index (χ1n) is 7.24. The van der Waals surface area contributed by atoms with Crippen molar-refractivity contribution in [2.45, 2.75) is 19.8 Å². The highest BCUT2D eigenvalue weighted by atomic mass is 16.6. The summed E-state index contributed by atoms with van der Waals surface area (Å²) >= 11 is 0. The Bertz CT molecular complexity index is 713. The van der Waals surface area contributed by atoms with Gasteiger partial charge in [-0.25, -0.2) is 0 Å². The summed E-state index contributed by atoms with van der Waals surface area (Å²) in [6.45, 7) is 3.78. The number of anilines is 1. The first-order chi connectivity index (χ1) is 11.0. The largest absolute Gasteiger partial charge is 0.477 e. The number of nitrogens with zero attached hydrogens (tertiary/aromatic N) is 1. The van der Waals surface area contributed by atoms with Crippen LogP contribution in [-0.4, -0.2) is 17.4 Å². The number of amides is 1. The molecule has 0 aliphatic rings. The molecule has 0 unspecified atom stereocenters. The summed E-state index contributed by atoms with van der Waals surface area (Å²) in [7, 11) is 0. The average Bonchev–Trinajstić information content (AvgIpc) is 2.53. The summed E-state index contributed by atoms with van der Waals surface area (Å²) in [5, 5.41) is 13.7. The van der Waals surface area contributed by atoms with E-state index < -0.39 is 4.92 Å². The van der Waals surface area contributed by atoms with Crippen molar-refractivity contribution in [1.29, 1.82) is 0 Å². The molecule has 0 atom stereocenters. The van der Waals surface area contributed by atoms with E-state index in [1.807, 2.05) is 38.1 Å². The SMILES string of the molecule is CC(C)c1ccccc1NC(=O)COc1ccccc1[N+](=O)[O-]. The number of carbonyl (C=O) groups is 1. The van der Waals surface area contributed by atoms with Crippen molar-refractivity contribution in [1.82, 2.24) is 0 Å². The Morgan fingerprint density at radius 1 is 1.17 bits per heavy atom. The first kappa shape index (κ1) is 16.5. The van der Waals surface area contributed by atoms with Crippen LogP contribution in [0.25, 0.3) is 0 Å². The zero-order valence-corrected chi connectivity index (χ0v) is 13.0. The molecule has 0 bridgehead atoms. The molecule has 23 heavy (non-hydrogen) atoms. The maximum atomic E-state index is 12.0. The second kappa shape index (κ2) is 7.40. The van der Waals surface area contributed by atoms with Gasteiger partial charge in [-0.3, -0.25) is 14.9 Å². The van der Waals surface area contributed by atoms with Gasteiger partial charge < -0.3 is 10.1 Å².